The van der Waals surface area contributed by atoms with Gasteiger partial charge in [-0.3, -0.25) is 14.2 Å². The van der Waals surface area contributed by atoms with Crippen LogP contribution >= 0.6 is 23.1 Å². The van der Waals surface area contributed by atoms with Crippen molar-refractivity contribution in [2.45, 2.75) is 45.6 Å². The minimum atomic E-state index is -0.0649. The van der Waals surface area contributed by atoms with Crippen LogP contribution in [-0.2, 0) is 11.3 Å². The Morgan fingerprint density at radius 1 is 1.21 bits per heavy atom. The molecule has 0 saturated heterocycles. The van der Waals surface area contributed by atoms with Gasteiger partial charge in [-0.2, -0.15) is 0 Å². The summed E-state index contributed by atoms with van der Waals surface area (Å²) in [6, 6.07) is 6.40. The normalized spacial score (nSPS) is 11.1. The van der Waals surface area contributed by atoms with Gasteiger partial charge in [0.25, 0.3) is 5.56 Å². The smallest absolute Gasteiger partial charge is 0.262 e. The lowest BCUT2D eigenvalue weighted by Crippen LogP contribution is -2.29. The van der Waals surface area contributed by atoms with E-state index in [0.717, 1.165) is 21.0 Å². The van der Waals surface area contributed by atoms with E-state index in [-0.39, 0.29) is 17.9 Å². The molecule has 148 valence electrons. The molecule has 0 atom stereocenters. The number of carbonyl (C=O) groups excluding carboxylic acids is 1. The number of hydrogen-bond acceptors (Lipinski definition) is 5. The molecule has 1 aromatic carbocycles. The van der Waals surface area contributed by atoms with E-state index in [0.29, 0.717) is 18.5 Å². The Balaban J connectivity index is 1.48. The van der Waals surface area contributed by atoms with Crippen LogP contribution in [0.25, 0.3) is 10.2 Å². The quantitative estimate of drug-likeness (QED) is 0.468. The summed E-state index contributed by atoms with van der Waals surface area (Å²) in [5, 5.41) is 3.60. The molecular formula is C21H25N3O2S2. The second kappa shape index (κ2) is 8.92. The third-order valence-corrected chi connectivity index (χ3v) is 7.02. The van der Waals surface area contributed by atoms with E-state index in [2.05, 4.69) is 42.3 Å². The highest BCUT2D eigenvalue weighted by molar-refractivity contribution is 7.99. The second-order valence-electron chi connectivity index (χ2n) is 6.90. The molecule has 3 aromatic rings. The number of hydrogen-bond donors (Lipinski definition) is 1. The third-order valence-electron chi connectivity index (χ3n) is 4.91. The molecule has 5 nitrogen and oxygen atoms in total. The van der Waals surface area contributed by atoms with Crippen molar-refractivity contribution >= 4 is 39.2 Å². The fourth-order valence-corrected chi connectivity index (χ4v) is 4.75. The number of aromatic nitrogens is 2. The van der Waals surface area contributed by atoms with Gasteiger partial charge in [-0.05, 0) is 56.5 Å². The highest BCUT2D eigenvalue weighted by Gasteiger charge is 2.12. The summed E-state index contributed by atoms with van der Waals surface area (Å²) in [6.07, 6.45) is 1.81. The molecule has 1 N–H and O–H groups in total. The van der Waals surface area contributed by atoms with Gasteiger partial charge in [0, 0.05) is 35.0 Å². The summed E-state index contributed by atoms with van der Waals surface area (Å²) in [6.45, 7) is 9.09. The van der Waals surface area contributed by atoms with E-state index >= 15 is 0 Å². The Bertz CT molecular complexity index is 1070. The second-order valence-corrected chi connectivity index (χ2v) is 9.27. The van der Waals surface area contributed by atoms with E-state index < -0.39 is 0 Å². The van der Waals surface area contributed by atoms with Gasteiger partial charge in [0.1, 0.15) is 4.83 Å². The molecule has 0 aliphatic rings. The lowest BCUT2D eigenvalue weighted by Gasteiger charge is -2.08. The SMILES string of the molecule is Cc1ccc(SCCNC(=O)CCn2cnc3sc(C)c(C)c3c2=O)cc1C. The van der Waals surface area contributed by atoms with Gasteiger partial charge >= 0.3 is 0 Å². The van der Waals surface area contributed by atoms with Crippen LogP contribution in [0.1, 0.15) is 28.0 Å². The van der Waals surface area contributed by atoms with E-state index in [1.165, 1.54) is 31.9 Å². The number of rotatable bonds is 7. The molecule has 28 heavy (non-hydrogen) atoms. The topological polar surface area (TPSA) is 64.0 Å². The van der Waals surface area contributed by atoms with Gasteiger partial charge in [0.2, 0.25) is 5.91 Å². The highest BCUT2D eigenvalue weighted by Crippen LogP contribution is 2.25. The summed E-state index contributed by atoms with van der Waals surface area (Å²) in [4.78, 5) is 32.2. The van der Waals surface area contributed by atoms with Gasteiger partial charge in [0.05, 0.1) is 11.7 Å². The van der Waals surface area contributed by atoms with Crippen LogP contribution in [0.2, 0.25) is 0 Å². The molecule has 0 unspecified atom stereocenters. The molecule has 2 heterocycles. The van der Waals surface area contributed by atoms with E-state index in [1.54, 1.807) is 18.1 Å². The van der Waals surface area contributed by atoms with E-state index in [1.807, 2.05) is 13.8 Å². The van der Waals surface area contributed by atoms with Crippen LogP contribution < -0.4 is 10.9 Å². The minimum Gasteiger partial charge on any atom is -0.355 e. The van der Waals surface area contributed by atoms with Crippen molar-refractivity contribution in [3.63, 3.8) is 0 Å². The number of nitrogens with zero attached hydrogens (tertiary/aromatic N) is 2. The van der Waals surface area contributed by atoms with Crippen LogP contribution in [-0.4, -0.2) is 27.8 Å². The van der Waals surface area contributed by atoms with Gasteiger partial charge in [-0.1, -0.05) is 6.07 Å². The predicted octanol–water partition coefficient (Wildman–Crippen LogP) is 3.99. The Labute approximate surface area is 173 Å². The molecule has 0 aliphatic heterocycles. The number of fused-ring (bicyclic) bond motifs is 1. The summed E-state index contributed by atoms with van der Waals surface area (Å²) < 4.78 is 1.53. The maximum absolute atomic E-state index is 12.6. The lowest BCUT2D eigenvalue weighted by molar-refractivity contribution is -0.121. The zero-order valence-electron chi connectivity index (χ0n) is 16.7. The first-order chi connectivity index (χ1) is 13.4. The van der Waals surface area contributed by atoms with Crippen LogP contribution in [0.4, 0.5) is 0 Å². The fraction of sp³-hybridized carbons (Fsp3) is 0.381. The Morgan fingerprint density at radius 2 is 2.00 bits per heavy atom. The Hall–Kier alpha value is -2.12. The van der Waals surface area contributed by atoms with Crippen LogP contribution in [0.3, 0.4) is 0 Å². The minimum absolute atomic E-state index is 0.0501. The average Bonchev–Trinajstić information content (AvgIpc) is 2.96. The summed E-state index contributed by atoms with van der Waals surface area (Å²) in [7, 11) is 0. The summed E-state index contributed by atoms with van der Waals surface area (Å²) in [5.74, 6) is 0.764. The molecule has 7 heteroatoms. The number of benzene rings is 1. The van der Waals surface area contributed by atoms with Crippen molar-refractivity contribution < 1.29 is 4.79 Å². The van der Waals surface area contributed by atoms with Crippen LogP contribution in [0, 0.1) is 27.7 Å². The molecule has 0 saturated carbocycles. The van der Waals surface area contributed by atoms with Gasteiger partial charge in [-0.25, -0.2) is 4.98 Å². The zero-order valence-corrected chi connectivity index (χ0v) is 18.3. The number of nitrogens with one attached hydrogen (secondary N) is 1. The van der Waals surface area contributed by atoms with Crippen molar-refractivity contribution in [1.29, 1.82) is 0 Å². The monoisotopic (exact) mass is 415 g/mol. The fourth-order valence-electron chi connectivity index (χ4n) is 2.90. The summed E-state index contributed by atoms with van der Waals surface area (Å²) >= 11 is 3.26. The zero-order chi connectivity index (χ0) is 20.3. The third kappa shape index (κ3) is 4.64. The highest BCUT2D eigenvalue weighted by atomic mass is 32.2. The molecule has 0 bridgehead atoms. The molecule has 1 amide bonds. The van der Waals surface area contributed by atoms with E-state index in [4.69, 9.17) is 0 Å². The van der Waals surface area contributed by atoms with Crippen molar-refractivity contribution in [1.82, 2.24) is 14.9 Å². The number of thiophene rings is 1. The van der Waals surface area contributed by atoms with Crippen molar-refractivity contribution in [3.8, 4) is 0 Å². The van der Waals surface area contributed by atoms with Gasteiger partial charge < -0.3 is 5.32 Å². The van der Waals surface area contributed by atoms with Crippen LogP contribution in [0.15, 0.2) is 34.2 Å². The lowest BCUT2D eigenvalue weighted by atomic mass is 10.1. The first-order valence-electron chi connectivity index (χ1n) is 9.28. The first kappa shape index (κ1) is 20.6. The standard InChI is InChI=1S/C21H25N3O2S2/c1-13-5-6-17(11-14(13)2)27-10-8-22-18(25)7-9-24-12-23-20-19(21(24)26)15(3)16(4)28-20/h5-6,11-12H,7-10H2,1-4H3,(H,22,25). The Kier molecular flexibility index (Phi) is 6.57. The van der Waals surface area contributed by atoms with Crippen molar-refractivity contribution in [3.05, 3.63) is 56.4 Å². The molecule has 0 fully saturated rings. The maximum Gasteiger partial charge on any atom is 0.262 e. The first-order valence-corrected chi connectivity index (χ1v) is 11.1. The molecule has 0 aliphatic carbocycles. The summed E-state index contributed by atoms with van der Waals surface area (Å²) in [5.41, 5.74) is 3.49. The van der Waals surface area contributed by atoms with Crippen molar-refractivity contribution in [2.75, 3.05) is 12.3 Å². The number of thioether (sulfide) groups is 1. The number of amides is 1. The molecule has 2 aromatic heterocycles. The van der Waals surface area contributed by atoms with E-state index in [9.17, 15) is 9.59 Å². The average molecular weight is 416 g/mol. The molecule has 0 spiro atoms. The van der Waals surface area contributed by atoms with Gasteiger partial charge in [0.15, 0.2) is 0 Å². The van der Waals surface area contributed by atoms with Crippen molar-refractivity contribution in [2.24, 2.45) is 0 Å². The predicted molar refractivity (Wildman–Crippen MR) is 118 cm³/mol. The van der Waals surface area contributed by atoms with Gasteiger partial charge in [-0.15, -0.1) is 23.1 Å². The molecule has 0 radical (unpaired) electrons. The Morgan fingerprint density at radius 3 is 2.75 bits per heavy atom. The number of carbonyl (C=O) groups is 1. The number of aryl methyl sites for hydroxylation is 5. The molecule has 3 rings (SSSR count). The van der Waals surface area contributed by atoms with Crippen LogP contribution in [0.5, 0.6) is 0 Å². The molecular weight excluding hydrogens is 390 g/mol. The largest absolute Gasteiger partial charge is 0.355 e. The maximum atomic E-state index is 12.6.